The van der Waals surface area contributed by atoms with Gasteiger partial charge in [0.15, 0.2) is 0 Å². The van der Waals surface area contributed by atoms with Gasteiger partial charge in [0.25, 0.3) is 0 Å². The summed E-state index contributed by atoms with van der Waals surface area (Å²) in [7, 11) is 0. The van der Waals surface area contributed by atoms with Crippen LogP contribution in [0, 0.1) is 22.7 Å². The van der Waals surface area contributed by atoms with Gasteiger partial charge in [0.2, 0.25) is 0 Å². The van der Waals surface area contributed by atoms with Crippen molar-refractivity contribution in [2.24, 2.45) is 0 Å². The van der Waals surface area contributed by atoms with Gasteiger partial charge in [0, 0.05) is 5.22 Å². The van der Waals surface area contributed by atoms with Gasteiger partial charge < -0.3 is 0 Å². The lowest BCUT2D eigenvalue weighted by Crippen LogP contribution is -2.10. The molecule has 1 rings (SSSR count). The fraction of sp³-hybridized carbons (Fsp3) is 0.167. The van der Waals surface area contributed by atoms with E-state index in [0.29, 0.717) is 5.22 Å². The Bertz CT molecular complexity index is 496. The molecule has 0 aliphatic rings. The number of nitrogens with zero attached hydrogens (tertiary/aromatic N) is 2. The van der Waals surface area contributed by atoms with Gasteiger partial charge in [-0.2, -0.15) is 10.5 Å². The summed E-state index contributed by atoms with van der Waals surface area (Å²) in [5.74, 6) is 0. The Kier molecular flexibility index (Phi) is 3.05. The highest BCUT2D eigenvalue weighted by Crippen LogP contribution is 1.87. The van der Waals surface area contributed by atoms with Crippen LogP contribution in [0.4, 0.5) is 0 Å². The fourth-order valence-corrected chi connectivity index (χ4v) is 1.12. The van der Waals surface area contributed by atoms with Crippen LogP contribution in [0.2, 0.25) is 0 Å². The van der Waals surface area contributed by atoms with Crippen molar-refractivity contribution in [3.63, 3.8) is 0 Å². The number of hydrogen-bond donors (Lipinski definition) is 0. The Balaban J connectivity index is 3.50. The minimum atomic E-state index is 0.158. The van der Waals surface area contributed by atoms with Crippen LogP contribution in [-0.2, 0) is 0 Å². The second kappa shape index (κ2) is 4.25. The van der Waals surface area contributed by atoms with Crippen LogP contribution < -0.4 is 10.4 Å². The van der Waals surface area contributed by atoms with Crippen LogP contribution >= 0.6 is 0 Å². The lowest BCUT2D eigenvalue weighted by Gasteiger charge is -1.90. The first-order valence-corrected chi connectivity index (χ1v) is 4.27. The van der Waals surface area contributed by atoms with E-state index in [-0.39, 0.29) is 5.57 Å². The molecule has 0 radical (unpaired) electrons. The molecule has 0 N–H and O–H groups in total. The summed E-state index contributed by atoms with van der Waals surface area (Å²) in [6.45, 7) is 4.04. The fourth-order valence-electron chi connectivity index (χ4n) is 1.12. The van der Waals surface area contributed by atoms with E-state index in [4.69, 9.17) is 10.5 Å². The first kappa shape index (κ1) is 10.0. The van der Waals surface area contributed by atoms with Crippen molar-refractivity contribution in [2.75, 3.05) is 0 Å². The highest BCUT2D eigenvalue weighted by molar-refractivity contribution is 5.72. The molecule has 0 atom stereocenters. The predicted octanol–water partition coefficient (Wildman–Crippen LogP) is 1.07. The molecule has 0 spiro atoms. The molecule has 0 heterocycles. The van der Waals surface area contributed by atoms with Gasteiger partial charge in [-0.3, -0.25) is 0 Å². The Hall–Kier alpha value is -2.06. The van der Waals surface area contributed by atoms with E-state index in [1.807, 2.05) is 38.1 Å². The second-order valence-corrected chi connectivity index (χ2v) is 3.18. The number of hydrogen-bond acceptors (Lipinski definition) is 2. The lowest BCUT2D eigenvalue weighted by molar-refractivity contribution is 1.45. The Labute approximate surface area is 83.0 Å². The standard InChI is InChI=1S/C12H10N2/c1-9(2)10-3-5-11(6-4-10)12(7-13)8-14/h3-6H,1-2H3. The summed E-state index contributed by atoms with van der Waals surface area (Å²) in [6, 6.07) is 11.2. The molecule has 0 aromatic heterocycles. The Morgan fingerprint density at radius 3 is 1.71 bits per heavy atom. The zero-order chi connectivity index (χ0) is 10.6. The molecule has 2 nitrogen and oxygen atoms in total. The van der Waals surface area contributed by atoms with Gasteiger partial charge in [-0.15, -0.1) is 0 Å². The van der Waals surface area contributed by atoms with Crippen LogP contribution in [0.3, 0.4) is 0 Å². The van der Waals surface area contributed by atoms with Crippen LogP contribution in [0.15, 0.2) is 24.3 Å². The van der Waals surface area contributed by atoms with Gasteiger partial charge >= 0.3 is 0 Å². The smallest absolute Gasteiger partial charge is 0.136 e. The highest BCUT2D eigenvalue weighted by Gasteiger charge is 1.92. The molecule has 2 heteroatoms. The van der Waals surface area contributed by atoms with Crippen molar-refractivity contribution < 1.29 is 0 Å². The molecular formula is C12H10N2. The lowest BCUT2D eigenvalue weighted by atomic mass is 10.1. The summed E-state index contributed by atoms with van der Waals surface area (Å²) in [5.41, 5.74) is 1.37. The maximum absolute atomic E-state index is 8.64. The zero-order valence-electron chi connectivity index (χ0n) is 8.20. The van der Waals surface area contributed by atoms with Crippen LogP contribution in [0.1, 0.15) is 13.8 Å². The summed E-state index contributed by atoms with van der Waals surface area (Å²) in [4.78, 5) is 0. The number of rotatable bonds is 0. The van der Waals surface area contributed by atoms with E-state index in [2.05, 4.69) is 0 Å². The van der Waals surface area contributed by atoms with Crippen molar-refractivity contribution in [3.8, 4) is 12.1 Å². The highest BCUT2D eigenvalue weighted by atomic mass is 14.3. The molecule has 0 saturated heterocycles. The quantitative estimate of drug-likeness (QED) is 0.602. The Morgan fingerprint density at radius 1 is 0.929 bits per heavy atom. The van der Waals surface area contributed by atoms with Crippen LogP contribution in [0.5, 0.6) is 0 Å². The maximum atomic E-state index is 8.64. The van der Waals surface area contributed by atoms with E-state index in [1.165, 1.54) is 5.57 Å². The summed E-state index contributed by atoms with van der Waals surface area (Å²) < 4.78 is 0. The van der Waals surface area contributed by atoms with E-state index >= 15 is 0 Å². The third-order valence-corrected chi connectivity index (χ3v) is 1.97. The van der Waals surface area contributed by atoms with Crippen LogP contribution in [0.25, 0.3) is 11.1 Å². The third-order valence-electron chi connectivity index (χ3n) is 1.97. The average Bonchev–Trinajstić information content (AvgIpc) is 2.20. The topological polar surface area (TPSA) is 47.6 Å². The summed E-state index contributed by atoms with van der Waals surface area (Å²) >= 11 is 0. The van der Waals surface area contributed by atoms with Crippen molar-refractivity contribution in [2.45, 2.75) is 13.8 Å². The maximum Gasteiger partial charge on any atom is 0.136 e. The molecule has 14 heavy (non-hydrogen) atoms. The van der Waals surface area contributed by atoms with Gasteiger partial charge in [-0.1, -0.05) is 29.8 Å². The van der Waals surface area contributed by atoms with E-state index in [0.717, 1.165) is 5.22 Å². The summed E-state index contributed by atoms with van der Waals surface area (Å²) in [6.07, 6.45) is 0. The predicted molar refractivity (Wildman–Crippen MR) is 55.1 cm³/mol. The van der Waals surface area contributed by atoms with Crippen LogP contribution in [-0.4, -0.2) is 0 Å². The number of nitriles is 2. The molecule has 0 bridgehead atoms. The first-order valence-electron chi connectivity index (χ1n) is 4.27. The Morgan fingerprint density at radius 2 is 1.36 bits per heavy atom. The minimum Gasteiger partial charge on any atom is -0.192 e. The van der Waals surface area contributed by atoms with Crippen molar-refractivity contribution in [1.29, 1.82) is 10.5 Å². The molecule has 0 unspecified atom stereocenters. The third kappa shape index (κ3) is 2.00. The molecule has 0 fully saturated rings. The number of benzene rings is 1. The van der Waals surface area contributed by atoms with Gasteiger partial charge in [-0.25, -0.2) is 0 Å². The normalized spacial score (nSPS) is 8.57. The first-order chi connectivity index (χ1) is 6.69. The zero-order valence-corrected chi connectivity index (χ0v) is 8.20. The van der Waals surface area contributed by atoms with Crippen molar-refractivity contribution in [1.82, 2.24) is 0 Å². The molecule has 0 aliphatic carbocycles. The monoisotopic (exact) mass is 182 g/mol. The van der Waals surface area contributed by atoms with Crippen molar-refractivity contribution in [3.05, 3.63) is 34.7 Å². The van der Waals surface area contributed by atoms with E-state index < -0.39 is 0 Å². The van der Waals surface area contributed by atoms with Crippen molar-refractivity contribution >= 4 is 11.1 Å². The molecule has 0 amide bonds. The van der Waals surface area contributed by atoms with Gasteiger partial charge in [0.1, 0.15) is 17.7 Å². The largest absolute Gasteiger partial charge is 0.192 e. The molecule has 1 aromatic carbocycles. The molecule has 0 saturated carbocycles. The minimum absolute atomic E-state index is 0.158. The average molecular weight is 182 g/mol. The second-order valence-electron chi connectivity index (χ2n) is 3.18. The van der Waals surface area contributed by atoms with Gasteiger partial charge in [0.05, 0.1) is 0 Å². The van der Waals surface area contributed by atoms with Gasteiger partial charge in [-0.05, 0) is 19.1 Å². The molecule has 68 valence electrons. The van der Waals surface area contributed by atoms with E-state index in [9.17, 15) is 0 Å². The molecule has 0 aliphatic heterocycles. The SMILES string of the molecule is CC(C)=c1ccc(=C(C#N)C#N)cc1. The molecule has 1 aromatic rings. The summed E-state index contributed by atoms with van der Waals surface area (Å²) in [5, 5.41) is 19.1. The molecular weight excluding hydrogens is 172 g/mol. The van der Waals surface area contributed by atoms with E-state index in [1.54, 1.807) is 12.1 Å².